The molecule has 0 heterocycles. The van der Waals surface area contributed by atoms with E-state index in [4.69, 9.17) is 10.5 Å². The van der Waals surface area contributed by atoms with Gasteiger partial charge in [0.1, 0.15) is 0 Å². The van der Waals surface area contributed by atoms with E-state index in [9.17, 15) is 13.2 Å². The van der Waals surface area contributed by atoms with E-state index in [0.717, 1.165) is 25.7 Å². The fraction of sp³-hybridized carbons (Fsp3) is 0.923. The van der Waals surface area contributed by atoms with Crippen molar-refractivity contribution in [1.29, 1.82) is 0 Å². The molecule has 124 valence electrons. The summed E-state index contributed by atoms with van der Waals surface area (Å²) in [7, 11) is -3.91. The van der Waals surface area contributed by atoms with Crippen LogP contribution in [0.5, 0.6) is 0 Å². The Bertz CT molecular complexity index is 439. The third kappa shape index (κ3) is 5.12. The number of hydrogen-bond donors (Lipinski definition) is 2. The van der Waals surface area contributed by atoms with Gasteiger partial charge in [-0.1, -0.05) is 19.8 Å². The summed E-state index contributed by atoms with van der Waals surface area (Å²) in [5, 5.41) is 0. The number of nitrogens with two attached hydrogens (primary N) is 1. The predicted molar refractivity (Wildman–Crippen MR) is 80.9 cm³/mol. The molecule has 0 aromatic heterocycles. The first-order valence-corrected chi connectivity index (χ1v) is 8.96. The van der Waals surface area contributed by atoms with Crippen molar-refractivity contribution < 1.29 is 17.9 Å². The molecule has 7 nitrogen and oxygen atoms in total. The van der Waals surface area contributed by atoms with E-state index in [1.165, 1.54) is 4.31 Å². The molecule has 0 bridgehead atoms. The zero-order valence-corrected chi connectivity index (χ0v) is 13.9. The second kappa shape index (κ2) is 7.95. The van der Waals surface area contributed by atoms with E-state index in [1.807, 2.05) is 4.72 Å². The van der Waals surface area contributed by atoms with Gasteiger partial charge in [0.05, 0.1) is 6.10 Å². The first kappa shape index (κ1) is 18.2. The molecule has 1 aliphatic carbocycles. The van der Waals surface area contributed by atoms with Gasteiger partial charge in [0.15, 0.2) is 0 Å². The highest BCUT2D eigenvalue weighted by atomic mass is 32.2. The number of amides is 1. The van der Waals surface area contributed by atoms with E-state index in [1.54, 1.807) is 20.8 Å². The van der Waals surface area contributed by atoms with Crippen molar-refractivity contribution in [3.63, 3.8) is 0 Å². The van der Waals surface area contributed by atoms with Crippen molar-refractivity contribution in [2.75, 3.05) is 13.1 Å². The van der Waals surface area contributed by atoms with Crippen molar-refractivity contribution in [2.24, 2.45) is 11.7 Å². The van der Waals surface area contributed by atoms with Gasteiger partial charge in [0.25, 0.3) is 0 Å². The maximum atomic E-state index is 12.4. The first-order chi connectivity index (χ1) is 9.81. The monoisotopic (exact) mass is 321 g/mol. The Morgan fingerprint density at radius 3 is 2.52 bits per heavy atom. The van der Waals surface area contributed by atoms with Gasteiger partial charge in [0, 0.05) is 12.6 Å². The highest BCUT2D eigenvalue weighted by molar-refractivity contribution is 7.87. The standard InChI is InChI=1S/C13H27N3O4S/c1-4-16(12-8-6-5-7-11(12)9-14)21(18,19)15-13(17)20-10(2)3/h10-12H,4-9,14H2,1-3H3,(H,15,17). The van der Waals surface area contributed by atoms with Gasteiger partial charge in [-0.2, -0.15) is 12.7 Å². The Kier molecular flexibility index (Phi) is 6.89. The van der Waals surface area contributed by atoms with Crippen LogP contribution in [0, 0.1) is 5.92 Å². The highest BCUT2D eigenvalue weighted by Gasteiger charge is 2.36. The molecule has 3 N–H and O–H groups in total. The quantitative estimate of drug-likeness (QED) is 0.765. The second-order valence-electron chi connectivity index (χ2n) is 5.61. The summed E-state index contributed by atoms with van der Waals surface area (Å²) in [6.45, 7) is 5.83. The fourth-order valence-corrected chi connectivity index (χ4v) is 4.18. The third-order valence-corrected chi connectivity index (χ3v) is 5.29. The average molecular weight is 321 g/mol. The van der Waals surface area contributed by atoms with Crippen LogP contribution in [0.15, 0.2) is 0 Å². The number of nitrogens with zero attached hydrogens (tertiary/aromatic N) is 1. The molecule has 1 aliphatic rings. The van der Waals surface area contributed by atoms with Gasteiger partial charge in [-0.3, -0.25) is 0 Å². The molecule has 2 unspecified atom stereocenters. The lowest BCUT2D eigenvalue weighted by Crippen LogP contribution is -2.53. The SMILES string of the molecule is CCN(C1CCCCC1CN)S(=O)(=O)NC(=O)OC(C)C. The Morgan fingerprint density at radius 1 is 1.38 bits per heavy atom. The van der Waals surface area contributed by atoms with Crippen LogP contribution in [0.25, 0.3) is 0 Å². The summed E-state index contributed by atoms with van der Waals surface area (Å²) in [5.74, 6) is 0.136. The summed E-state index contributed by atoms with van der Waals surface area (Å²) < 4.78 is 32.9. The summed E-state index contributed by atoms with van der Waals surface area (Å²) in [6, 6.07) is -0.155. The number of hydrogen-bond acceptors (Lipinski definition) is 5. The van der Waals surface area contributed by atoms with Gasteiger partial charge in [-0.25, -0.2) is 9.52 Å². The van der Waals surface area contributed by atoms with E-state index in [2.05, 4.69) is 0 Å². The minimum atomic E-state index is -3.91. The molecule has 1 rings (SSSR count). The lowest BCUT2D eigenvalue weighted by Gasteiger charge is -2.37. The highest BCUT2D eigenvalue weighted by Crippen LogP contribution is 2.29. The molecule has 21 heavy (non-hydrogen) atoms. The maximum absolute atomic E-state index is 12.4. The largest absolute Gasteiger partial charge is 0.446 e. The molecule has 0 aromatic rings. The van der Waals surface area contributed by atoms with Gasteiger partial charge < -0.3 is 10.5 Å². The average Bonchev–Trinajstić information content (AvgIpc) is 2.37. The molecular formula is C13H27N3O4S. The van der Waals surface area contributed by atoms with Gasteiger partial charge in [0.2, 0.25) is 0 Å². The van der Waals surface area contributed by atoms with Crippen LogP contribution in [0.2, 0.25) is 0 Å². The normalized spacial score (nSPS) is 23.3. The molecule has 1 saturated carbocycles. The van der Waals surface area contributed by atoms with Crippen molar-refractivity contribution in [2.45, 2.75) is 58.6 Å². The Hall–Kier alpha value is -0.860. The predicted octanol–water partition coefficient (Wildman–Crippen LogP) is 1.21. The van der Waals surface area contributed by atoms with Gasteiger partial charge >= 0.3 is 16.3 Å². The summed E-state index contributed by atoms with van der Waals surface area (Å²) in [4.78, 5) is 11.6. The number of carbonyl (C=O) groups is 1. The van der Waals surface area contributed by atoms with Gasteiger partial charge in [-0.15, -0.1) is 0 Å². The van der Waals surface area contributed by atoms with Crippen molar-refractivity contribution >= 4 is 16.3 Å². The molecule has 0 aliphatic heterocycles. The molecule has 0 saturated heterocycles. The number of carbonyl (C=O) groups excluding carboxylic acids is 1. The summed E-state index contributed by atoms with van der Waals surface area (Å²) >= 11 is 0. The lowest BCUT2D eigenvalue weighted by molar-refractivity contribution is 0.120. The minimum absolute atomic E-state index is 0.136. The smallest absolute Gasteiger partial charge is 0.422 e. The summed E-state index contributed by atoms with van der Waals surface area (Å²) in [5.41, 5.74) is 5.76. The zero-order chi connectivity index (χ0) is 16.0. The van der Waals surface area contributed by atoms with Gasteiger partial charge in [-0.05, 0) is 39.2 Å². The number of rotatable bonds is 6. The topological polar surface area (TPSA) is 102 Å². The van der Waals surface area contributed by atoms with E-state index in [-0.39, 0.29) is 18.1 Å². The maximum Gasteiger partial charge on any atom is 0.422 e. The number of nitrogens with one attached hydrogen (secondary N) is 1. The molecule has 1 fully saturated rings. The van der Waals surface area contributed by atoms with Crippen LogP contribution < -0.4 is 10.5 Å². The molecule has 0 aromatic carbocycles. The zero-order valence-electron chi connectivity index (χ0n) is 13.0. The Morgan fingerprint density at radius 2 is 2.00 bits per heavy atom. The molecule has 2 atom stereocenters. The number of ether oxygens (including phenoxy) is 1. The minimum Gasteiger partial charge on any atom is -0.446 e. The lowest BCUT2D eigenvalue weighted by atomic mass is 9.84. The van der Waals surface area contributed by atoms with Crippen LogP contribution in [0.1, 0.15) is 46.5 Å². The van der Waals surface area contributed by atoms with Crippen LogP contribution >= 0.6 is 0 Å². The summed E-state index contributed by atoms with van der Waals surface area (Å²) in [6.07, 6.45) is 2.42. The van der Waals surface area contributed by atoms with Crippen molar-refractivity contribution in [1.82, 2.24) is 9.03 Å². The van der Waals surface area contributed by atoms with E-state index < -0.39 is 16.3 Å². The van der Waals surface area contributed by atoms with Crippen LogP contribution in [0.4, 0.5) is 4.79 Å². The van der Waals surface area contributed by atoms with Crippen molar-refractivity contribution in [3.05, 3.63) is 0 Å². The molecule has 8 heteroatoms. The molecule has 0 radical (unpaired) electrons. The van der Waals surface area contributed by atoms with Crippen LogP contribution in [-0.4, -0.2) is 44.1 Å². The Balaban J connectivity index is 2.83. The second-order valence-corrected chi connectivity index (χ2v) is 7.24. The first-order valence-electron chi connectivity index (χ1n) is 7.52. The van der Waals surface area contributed by atoms with Crippen molar-refractivity contribution in [3.8, 4) is 0 Å². The molecular weight excluding hydrogens is 294 g/mol. The molecule has 0 spiro atoms. The fourth-order valence-electron chi connectivity index (χ4n) is 2.83. The third-order valence-electron chi connectivity index (χ3n) is 3.72. The van der Waals surface area contributed by atoms with E-state index >= 15 is 0 Å². The van der Waals surface area contributed by atoms with Crippen LogP contribution in [-0.2, 0) is 14.9 Å². The Labute approximate surface area is 127 Å². The van der Waals surface area contributed by atoms with E-state index in [0.29, 0.717) is 13.1 Å². The van der Waals surface area contributed by atoms with Crippen LogP contribution in [0.3, 0.4) is 0 Å². The molecule has 1 amide bonds.